The Morgan fingerprint density at radius 1 is 1.16 bits per heavy atom. The summed E-state index contributed by atoms with van der Waals surface area (Å²) in [7, 11) is 1.74. The van der Waals surface area contributed by atoms with Gasteiger partial charge in [0.05, 0.1) is 13.1 Å². The Morgan fingerprint density at radius 2 is 1.92 bits per heavy atom. The van der Waals surface area contributed by atoms with E-state index in [4.69, 9.17) is 9.47 Å². The second-order valence-electron chi connectivity index (χ2n) is 10.5. The first kappa shape index (κ1) is 25.1. The van der Waals surface area contributed by atoms with Gasteiger partial charge in [0.25, 0.3) is 0 Å². The number of piperazine rings is 1. The minimum Gasteiger partial charge on any atom is -0.458 e. The van der Waals surface area contributed by atoms with Crippen LogP contribution in [0.4, 0.5) is 4.79 Å². The van der Waals surface area contributed by atoms with Gasteiger partial charge in [-0.25, -0.2) is 14.8 Å². The molecule has 2 unspecified atom stereocenters. The number of ether oxygens (including phenoxy) is 2. The summed E-state index contributed by atoms with van der Waals surface area (Å²) >= 11 is 0. The van der Waals surface area contributed by atoms with Crippen LogP contribution in [0, 0.1) is 17.8 Å². The Hall–Kier alpha value is -3.53. The molecule has 0 saturated carbocycles. The lowest BCUT2D eigenvalue weighted by Gasteiger charge is -2.55. The molecule has 3 heterocycles. The van der Waals surface area contributed by atoms with E-state index in [9.17, 15) is 14.4 Å². The van der Waals surface area contributed by atoms with Crippen LogP contribution in [0.2, 0.25) is 0 Å². The SMILES string of the molecule is CC1C2=C(C=CC1CN1C[C@H]3N(C(=O)CN(C)N3C(=O)NCc3ccccc3)[C@@H](C(C)C)C1=O)OCO2. The molecule has 0 radical (unpaired) electrons. The highest BCUT2D eigenvalue weighted by atomic mass is 16.7. The van der Waals surface area contributed by atoms with E-state index in [1.54, 1.807) is 22.0 Å². The van der Waals surface area contributed by atoms with E-state index >= 15 is 0 Å². The van der Waals surface area contributed by atoms with E-state index in [-0.39, 0.29) is 55.5 Å². The number of carbonyl (C=O) groups excluding carboxylic acids is 3. The summed E-state index contributed by atoms with van der Waals surface area (Å²) in [6.07, 6.45) is 3.37. The topological polar surface area (TPSA) is 94.7 Å². The van der Waals surface area contributed by atoms with Crippen LogP contribution in [0.15, 0.2) is 54.0 Å². The molecule has 0 bridgehead atoms. The molecule has 10 heteroatoms. The highest BCUT2D eigenvalue weighted by Gasteiger charge is 2.52. The van der Waals surface area contributed by atoms with Crippen molar-refractivity contribution in [3.05, 3.63) is 59.6 Å². The summed E-state index contributed by atoms with van der Waals surface area (Å²) in [4.78, 5) is 43.9. The normalized spacial score (nSPS) is 27.8. The molecule has 4 atom stereocenters. The molecule has 1 aromatic carbocycles. The number of hydrogen-bond donors (Lipinski definition) is 1. The highest BCUT2D eigenvalue weighted by Crippen LogP contribution is 2.36. The molecule has 0 aromatic heterocycles. The summed E-state index contributed by atoms with van der Waals surface area (Å²) < 4.78 is 11.2. The van der Waals surface area contributed by atoms with E-state index in [0.717, 1.165) is 17.1 Å². The number of nitrogens with one attached hydrogen (secondary N) is 1. The molecule has 1 aliphatic carbocycles. The molecule has 4 amide bonds. The molecule has 5 rings (SSSR count). The Balaban J connectivity index is 1.38. The lowest BCUT2D eigenvalue weighted by atomic mass is 9.86. The van der Waals surface area contributed by atoms with Crippen molar-refractivity contribution in [1.29, 1.82) is 0 Å². The third-order valence-electron chi connectivity index (χ3n) is 7.65. The number of likely N-dealkylation sites (N-methyl/N-ethyl adjacent to an activating group) is 1. The predicted molar refractivity (Wildman–Crippen MR) is 135 cm³/mol. The third-order valence-corrected chi connectivity index (χ3v) is 7.65. The Kier molecular flexibility index (Phi) is 6.85. The lowest BCUT2D eigenvalue weighted by molar-refractivity contribution is -0.190. The van der Waals surface area contributed by atoms with Gasteiger partial charge >= 0.3 is 6.03 Å². The molecule has 2 fully saturated rings. The van der Waals surface area contributed by atoms with Gasteiger partial charge in [-0.3, -0.25) is 9.59 Å². The smallest absolute Gasteiger partial charge is 0.334 e. The molecule has 10 nitrogen and oxygen atoms in total. The maximum atomic E-state index is 13.8. The van der Waals surface area contributed by atoms with Gasteiger partial charge < -0.3 is 24.6 Å². The molecule has 1 aromatic rings. The number of benzene rings is 1. The van der Waals surface area contributed by atoms with Crippen molar-refractivity contribution in [2.75, 3.05) is 33.5 Å². The van der Waals surface area contributed by atoms with E-state index in [1.165, 1.54) is 0 Å². The molecule has 4 aliphatic rings. The maximum Gasteiger partial charge on any atom is 0.334 e. The fraction of sp³-hybridized carbons (Fsp3) is 0.519. The van der Waals surface area contributed by atoms with Crippen molar-refractivity contribution in [3.63, 3.8) is 0 Å². The van der Waals surface area contributed by atoms with Crippen LogP contribution in [-0.2, 0) is 25.6 Å². The predicted octanol–water partition coefficient (Wildman–Crippen LogP) is 2.12. The van der Waals surface area contributed by atoms with Crippen LogP contribution in [-0.4, -0.2) is 83.3 Å². The van der Waals surface area contributed by atoms with Crippen molar-refractivity contribution in [2.24, 2.45) is 17.8 Å². The fourth-order valence-corrected chi connectivity index (χ4v) is 5.71. The summed E-state index contributed by atoms with van der Waals surface area (Å²) in [5.74, 6) is 1.29. The molecule has 0 spiro atoms. The van der Waals surface area contributed by atoms with Crippen LogP contribution < -0.4 is 5.32 Å². The van der Waals surface area contributed by atoms with Gasteiger partial charge in [0.1, 0.15) is 18.0 Å². The van der Waals surface area contributed by atoms with Gasteiger partial charge in [-0.05, 0) is 17.6 Å². The number of amides is 4. The van der Waals surface area contributed by atoms with Crippen molar-refractivity contribution >= 4 is 17.8 Å². The average molecular weight is 510 g/mol. The monoisotopic (exact) mass is 509 g/mol. The molecular weight excluding hydrogens is 474 g/mol. The number of nitrogens with zero attached hydrogens (tertiary/aromatic N) is 4. The van der Waals surface area contributed by atoms with Crippen LogP contribution in [0.1, 0.15) is 26.3 Å². The summed E-state index contributed by atoms with van der Waals surface area (Å²) in [5.41, 5.74) is 0.980. The van der Waals surface area contributed by atoms with Crippen LogP contribution >= 0.6 is 0 Å². The minimum atomic E-state index is -0.645. The van der Waals surface area contributed by atoms with Gasteiger partial charge in [-0.1, -0.05) is 57.2 Å². The van der Waals surface area contributed by atoms with E-state index in [2.05, 4.69) is 18.3 Å². The quantitative estimate of drug-likeness (QED) is 0.654. The largest absolute Gasteiger partial charge is 0.458 e. The van der Waals surface area contributed by atoms with Gasteiger partial charge in [0, 0.05) is 32.0 Å². The number of allylic oxidation sites excluding steroid dienone is 2. The second-order valence-corrected chi connectivity index (χ2v) is 10.5. The summed E-state index contributed by atoms with van der Waals surface area (Å²) in [6.45, 7) is 7.26. The fourth-order valence-electron chi connectivity index (χ4n) is 5.71. The Labute approximate surface area is 217 Å². The van der Waals surface area contributed by atoms with Crippen molar-refractivity contribution < 1.29 is 23.9 Å². The Morgan fingerprint density at radius 3 is 2.65 bits per heavy atom. The van der Waals surface area contributed by atoms with Crippen LogP contribution in [0.5, 0.6) is 0 Å². The van der Waals surface area contributed by atoms with E-state index in [1.807, 2.05) is 55.2 Å². The van der Waals surface area contributed by atoms with Gasteiger partial charge in [0.2, 0.25) is 18.6 Å². The van der Waals surface area contributed by atoms with Crippen molar-refractivity contribution in [3.8, 4) is 0 Å². The maximum absolute atomic E-state index is 13.8. The van der Waals surface area contributed by atoms with Crippen LogP contribution in [0.3, 0.4) is 0 Å². The number of fused-ring (bicyclic) bond motifs is 1. The van der Waals surface area contributed by atoms with Crippen LogP contribution in [0.25, 0.3) is 0 Å². The lowest BCUT2D eigenvalue weighted by Crippen LogP contribution is -2.76. The number of hydrazine groups is 1. The zero-order valence-corrected chi connectivity index (χ0v) is 21.8. The second kappa shape index (κ2) is 10.1. The number of rotatable bonds is 5. The first-order chi connectivity index (χ1) is 17.8. The molecular formula is C27H35N5O5. The average Bonchev–Trinajstić information content (AvgIpc) is 3.35. The van der Waals surface area contributed by atoms with Gasteiger partial charge in [-0.15, -0.1) is 0 Å². The standard InChI is InChI=1S/C27H35N5O5/c1-17(2)24-26(34)30(13-20-10-11-21-25(18(20)3)37-16-36-21)14-22-31(24)23(33)15-29(4)32(22)27(35)28-12-19-8-6-5-7-9-19/h5-11,17-18,20,22,24H,12-16H2,1-4H3,(H,28,35)/t18?,20?,22-,24-/m0/s1. The first-order valence-corrected chi connectivity index (χ1v) is 12.9. The number of hydrogen-bond acceptors (Lipinski definition) is 6. The van der Waals surface area contributed by atoms with Crippen molar-refractivity contribution in [1.82, 2.24) is 25.1 Å². The third kappa shape index (κ3) is 4.66. The zero-order chi connectivity index (χ0) is 26.3. The van der Waals surface area contributed by atoms with E-state index < -0.39 is 12.2 Å². The minimum absolute atomic E-state index is 0.0288. The molecule has 2 saturated heterocycles. The number of carbonyl (C=O) groups is 3. The first-order valence-electron chi connectivity index (χ1n) is 12.9. The van der Waals surface area contributed by atoms with E-state index in [0.29, 0.717) is 13.1 Å². The molecule has 37 heavy (non-hydrogen) atoms. The zero-order valence-electron chi connectivity index (χ0n) is 21.8. The van der Waals surface area contributed by atoms with Gasteiger partial charge in [-0.2, -0.15) is 0 Å². The molecule has 198 valence electrons. The highest BCUT2D eigenvalue weighted by molar-refractivity contribution is 5.91. The Bertz CT molecular complexity index is 1120. The molecule has 3 aliphatic heterocycles. The summed E-state index contributed by atoms with van der Waals surface area (Å²) in [5, 5.41) is 6.23. The van der Waals surface area contributed by atoms with Gasteiger partial charge in [0.15, 0.2) is 5.76 Å². The summed E-state index contributed by atoms with van der Waals surface area (Å²) in [6, 6.07) is 8.73. The number of urea groups is 1. The molecule has 1 N–H and O–H groups in total. The van der Waals surface area contributed by atoms with Crippen molar-refractivity contribution in [2.45, 2.75) is 39.5 Å².